The van der Waals surface area contributed by atoms with Crippen molar-refractivity contribution in [2.24, 2.45) is 5.73 Å². The van der Waals surface area contributed by atoms with Gasteiger partial charge < -0.3 is 24.7 Å². The fraction of sp³-hybridized carbons (Fsp3) is 0.562. The van der Waals surface area contributed by atoms with Crippen LogP contribution < -0.4 is 5.73 Å². The van der Waals surface area contributed by atoms with Crippen molar-refractivity contribution >= 4 is 46.4 Å². The van der Waals surface area contributed by atoms with E-state index in [1.165, 1.54) is 31.7 Å². The van der Waals surface area contributed by atoms with Crippen LogP contribution >= 0.6 is 22.6 Å². The topological polar surface area (TPSA) is 149 Å². The van der Waals surface area contributed by atoms with Crippen LogP contribution in [0.1, 0.15) is 32.7 Å². The molecule has 1 aliphatic heterocycles. The summed E-state index contributed by atoms with van der Waals surface area (Å²) in [6.45, 7) is 3.43. The van der Waals surface area contributed by atoms with Gasteiger partial charge in [-0.05, 0) is 22.6 Å². The Bertz CT molecular complexity index is 780. The Morgan fingerprint density at radius 3 is 2.29 bits per heavy atom. The highest BCUT2D eigenvalue weighted by molar-refractivity contribution is 14.1. The maximum Gasteiger partial charge on any atom is 0.303 e. The van der Waals surface area contributed by atoms with E-state index in [9.17, 15) is 19.2 Å². The summed E-state index contributed by atoms with van der Waals surface area (Å²) in [5.41, 5.74) is 5.64. The molecule has 4 atom stereocenters. The number of carbonyl (C=O) groups is 4. The summed E-state index contributed by atoms with van der Waals surface area (Å²) in [6.07, 6.45) is -2.51. The average Bonchev–Trinajstić information content (AvgIpc) is 3.06. The largest absolute Gasteiger partial charge is 0.463 e. The van der Waals surface area contributed by atoms with Gasteiger partial charge in [0.1, 0.15) is 16.4 Å². The number of rotatable bonds is 7. The summed E-state index contributed by atoms with van der Waals surface area (Å²) < 4.78 is 23.6. The van der Waals surface area contributed by atoms with E-state index in [0.717, 1.165) is 0 Å². The van der Waals surface area contributed by atoms with Gasteiger partial charge in [0.2, 0.25) is 5.91 Å². The molecule has 1 fully saturated rings. The van der Waals surface area contributed by atoms with Gasteiger partial charge in [-0.2, -0.15) is 0 Å². The SMILES string of the molecule is CC(=O)OC[C@H]1O[C@@H](n2cnc(CC(N)=O)c2I)[C@H](OC(C)=O)[C@@H]1OC(C)=O. The third-order valence-corrected chi connectivity index (χ3v) is 4.94. The van der Waals surface area contributed by atoms with Crippen LogP contribution in [-0.2, 0) is 44.5 Å². The van der Waals surface area contributed by atoms with E-state index in [2.05, 4.69) is 4.98 Å². The molecular formula is C16H20IN3O8. The van der Waals surface area contributed by atoms with Crippen molar-refractivity contribution in [3.8, 4) is 0 Å². The molecule has 1 aliphatic rings. The van der Waals surface area contributed by atoms with Gasteiger partial charge in [-0.25, -0.2) is 4.98 Å². The second-order valence-electron chi connectivity index (χ2n) is 6.05. The predicted molar refractivity (Wildman–Crippen MR) is 99.5 cm³/mol. The Balaban J connectivity index is 2.38. The van der Waals surface area contributed by atoms with Gasteiger partial charge in [-0.15, -0.1) is 0 Å². The molecule has 1 saturated heterocycles. The summed E-state index contributed by atoms with van der Waals surface area (Å²) in [5.74, 6) is -2.33. The van der Waals surface area contributed by atoms with E-state index in [1.54, 1.807) is 0 Å². The first-order chi connectivity index (χ1) is 13.1. The first kappa shape index (κ1) is 22.1. The zero-order chi connectivity index (χ0) is 21.0. The Hall–Kier alpha value is -2.22. The molecule has 0 aliphatic carbocycles. The summed E-state index contributed by atoms with van der Waals surface area (Å²) >= 11 is 1.95. The zero-order valence-corrected chi connectivity index (χ0v) is 17.6. The number of aromatic nitrogens is 2. The van der Waals surface area contributed by atoms with E-state index in [1.807, 2.05) is 22.6 Å². The number of nitrogens with two attached hydrogens (primary N) is 1. The molecule has 1 aromatic heterocycles. The molecule has 0 bridgehead atoms. The number of hydrogen-bond donors (Lipinski definition) is 1. The minimum atomic E-state index is -1.02. The summed E-state index contributed by atoms with van der Waals surface area (Å²) in [6, 6.07) is 0. The van der Waals surface area contributed by atoms with E-state index in [-0.39, 0.29) is 13.0 Å². The van der Waals surface area contributed by atoms with Crippen LogP contribution in [0.25, 0.3) is 0 Å². The lowest BCUT2D eigenvalue weighted by Crippen LogP contribution is -2.40. The van der Waals surface area contributed by atoms with E-state index >= 15 is 0 Å². The molecule has 2 N–H and O–H groups in total. The van der Waals surface area contributed by atoms with Crippen LogP contribution in [0.2, 0.25) is 0 Å². The Morgan fingerprint density at radius 2 is 1.75 bits per heavy atom. The maximum atomic E-state index is 11.6. The van der Waals surface area contributed by atoms with Crippen LogP contribution in [0.15, 0.2) is 6.33 Å². The zero-order valence-electron chi connectivity index (χ0n) is 15.4. The molecule has 0 radical (unpaired) electrons. The van der Waals surface area contributed by atoms with Gasteiger partial charge >= 0.3 is 17.9 Å². The molecule has 2 heterocycles. The van der Waals surface area contributed by atoms with Gasteiger partial charge in [0.05, 0.1) is 18.4 Å². The number of esters is 3. The number of nitrogens with zero attached hydrogens (tertiary/aromatic N) is 2. The predicted octanol–water partition coefficient (Wildman–Crippen LogP) is -0.161. The van der Waals surface area contributed by atoms with Crippen LogP contribution in [0, 0.1) is 3.70 Å². The molecule has 0 spiro atoms. The molecular weight excluding hydrogens is 489 g/mol. The molecule has 2 rings (SSSR count). The van der Waals surface area contributed by atoms with Crippen LogP contribution in [0.5, 0.6) is 0 Å². The molecule has 1 amide bonds. The number of carbonyl (C=O) groups excluding carboxylic acids is 4. The average molecular weight is 509 g/mol. The van der Waals surface area contributed by atoms with Crippen LogP contribution in [-0.4, -0.2) is 58.3 Å². The Morgan fingerprint density at radius 1 is 1.14 bits per heavy atom. The number of primary amides is 1. The molecule has 12 heteroatoms. The lowest BCUT2D eigenvalue weighted by Gasteiger charge is -2.24. The Labute approximate surface area is 174 Å². The first-order valence-corrected chi connectivity index (χ1v) is 9.30. The number of halogens is 1. The van der Waals surface area contributed by atoms with Crippen LogP contribution in [0.3, 0.4) is 0 Å². The third kappa shape index (κ3) is 5.41. The number of imidazole rings is 1. The molecule has 1 aromatic rings. The second-order valence-corrected chi connectivity index (χ2v) is 7.07. The second kappa shape index (κ2) is 9.32. The number of ether oxygens (including phenoxy) is 4. The van der Waals surface area contributed by atoms with Crippen molar-refractivity contribution in [1.29, 1.82) is 0 Å². The van der Waals surface area contributed by atoms with Crippen molar-refractivity contribution < 1.29 is 38.1 Å². The van der Waals surface area contributed by atoms with Crippen molar-refractivity contribution in [3.05, 3.63) is 15.7 Å². The summed E-state index contributed by atoms with van der Waals surface area (Å²) in [5, 5.41) is 0. The minimum absolute atomic E-state index is 0.0829. The molecule has 0 unspecified atom stereocenters. The van der Waals surface area contributed by atoms with E-state index in [4.69, 9.17) is 24.7 Å². The molecule has 28 heavy (non-hydrogen) atoms. The van der Waals surface area contributed by atoms with Gasteiger partial charge in [-0.1, -0.05) is 0 Å². The standard InChI is InChI=1S/C16H20IN3O8/c1-7(21)25-5-11-13(26-8(2)22)14(27-9(3)23)16(28-11)20-6-19-10(15(20)17)4-12(18)24/h6,11,13-14,16H,4-5H2,1-3H3,(H2,18,24)/t11-,13-,14-,16-/m1/s1. The highest BCUT2D eigenvalue weighted by atomic mass is 127. The fourth-order valence-electron chi connectivity index (χ4n) is 2.76. The van der Waals surface area contributed by atoms with Crippen LogP contribution in [0.4, 0.5) is 0 Å². The highest BCUT2D eigenvalue weighted by Crippen LogP contribution is 2.36. The lowest BCUT2D eigenvalue weighted by molar-refractivity contribution is -0.166. The highest BCUT2D eigenvalue weighted by Gasteiger charge is 2.51. The third-order valence-electron chi connectivity index (χ3n) is 3.76. The number of amides is 1. The van der Waals surface area contributed by atoms with Crippen molar-refractivity contribution in [1.82, 2.24) is 9.55 Å². The quantitative estimate of drug-likeness (QED) is 0.301. The number of hydrogen-bond acceptors (Lipinski definition) is 9. The smallest absolute Gasteiger partial charge is 0.303 e. The van der Waals surface area contributed by atoms with E-state index < -0.39 is 48.4 Å². The fourth-order valence-corrected chi connectivity index (χ4v) is 3.49. The minimum Gasteiger partial charge on any atom is -0.463 e. The summed E-state index contributed by atoms with van der Waals surface area (Å²) in [7, 11) is 0. The molecule has 0 saturated carbocycles. The van der Waals surface area contributed by atoms with Crippen molar-refractivity contribution in [2.45, 2.75) is 51.7 Å². The lowest BCUT2D eigenvalue weighted by atomic mass is 10.1. The van der Waals surface area contributed by atoms with E-state index in [0.29, 0.717) is 9.39 Å². The normalized spacial score (nSPS) is 23.9. The molecule has 11 nitrogen and oxygen atoms in total. The van der Waals surface area contributed by atoms with Crippen molar-refractivity contribution in [2.75, 3.05) is 6.61 Å². The van der Waals surface area contributed by atoms with Gasteiger partial charge in [-0.3, -0.25) is 23.7 Å². The summed E-state index contributed by atoms with van der Waals surface area (Å²) in [4.78, 5) is 49.7. The maximum absolute atomic E-state index is 11.6. The van der Waals surface area contributed by atoms with Crippen molar-refractivity contribution in [3.63, 3.8) is 0 Å². The molecule has 0 aromatic carbocycles. The Kier molecular flexibility index (Phi) is 7.35. The first-order valence-electron chi connectivity index (χ1n) is 8.23. The van der Waals surface area contributed by atoms with Gasteiger partial charge in [0.25, 0.3) is 0 Å². The van der Waals surface area contributed by atoms with Gasteiger partial charge in [0.15, 0.2) is 18.4 Å². The molecule has 154 valence electrons. The van der Waals surface area contributed by atoms with Gasteiger partial charge in [0, 0.05) is 20.8 Å². The monoisotopic (exact) mass is 509 g/mol.